The molecule has 11 heteroatoms. The molecule has 4 aromatic rings. The number of nitrogens with two attached hydrogens (primary N) is 1. The van der Waals surface area contributed by atoms with Crippen LogP contribution in [-0.2, 0) is 11.3 Å². The molecule has 6 rings (SSSR count). The molecular formula is C23H22BrN5O5. The van der Waals surface area contributed by atoms with E-state index in [-0.39, 0.29) is 6.61 Å². The molecule has 1 unspecified atom stereocenters. The van der Waals surface area contributed by atoms with Gasteiger partial charge < -0.3 is 35.1 Å². The summed E-state index contributed by atoms with van der Waals surface area (Å²) in [6.07, 6.45) is 0.628. The molecule has 1 aromatic carbocycles. The number of hydrogen-bond acceptors (Lipinski definition) is 9. The molecule has 5 atom stereocenters. The fourth-order valence-corrected chi connectivity index (χ4v) is 5.39. The Morgan fingerprint density at radius 2 is 2.12 bits per heavy atom. The highest BCUT2D eigenvalue weighted by molar-refractivity contribution is 9.10. The summed E-state index contributed by atoms with van der Waals surface area (Å²) >= 11 is 3.38. The van der Waals surface area contributed by atoms with E-state index in [2.05, 4.69) is 30.9 Å². The van der Waals surface area contributed by atoms with Crippen molar-refractivity contribution >= 4 is 43.7 Å². The Kier molecular flexibility index (Phi) is 5.01. The topological polar surface area (TPSA) is 149 Å². The van der Waals surface area contributed by atoms with Gasteiger partial charge in [0.2, 0.25) is 0 Å². The maximum Gasteiger partial charge on any atom is 0.164 e. The van der Waals surface area contributed by atoms with E-state index in [4.69, 9.17) is 15.2 Å². The van der Waals surface area contributed by atoms with Gasteiger partial charge in [0.1, 0.15) is 47.5 Å². The third kappa shape index (κ3) is 3.19. The molecule has 0 amide bonds. The van der Waals surface area contributed by atoms with Crippen LogP contribution < -0.4 is 10.5 Å². The van der Waals surface area contributed by atoms with E-state index in [1.54, 1.807) is 22.9 Å². The van der Waals surface area contributed by atoms with Gasteiger partial charge in [0.05, 0.1) is 22.3 Å². The minimum absolute atomic E-state index is 0.233. The van der Waals surface area contributed by atoms with Crippen LogP contribution in [0.3, 0.4) is 0 Å². The monoisotopic (exact) mass is 527 g/mol. The van der Waals surface area contributed by atoms with Crippen molar-refractivity contribution in [3.05, 3.63) is 53.0 Å². The van der Waals surface area contributed by atoms with E-state index in [1.807, 2.05) is 18.2 Å². The van der Waals surface area contributed by atoms with Gasteiger partial charge in [-0.15, -0.1) is 0 Å². The number of rotatable bonds is 4. The molecule has 5 N–H and O–H groups in total. The molecule has 0 bridgehead atoms. The van der Waals surface area contributed by atoms with Crippen molar-refractivity contribution in [1.29, 1.82) is 0 Å². The zero-order valence-electron chi connectivity index (χ0n) is 17.9. The first-order valence-electron chi connectivity index (χ1n) is 10.9. The van der Waals surface area contributed by atoms with Crippen LogP contribution in [0.2, 0.25) is 0 Å². The standard InChI is InChI=1S/C23H22BrN5O5/c24-14-7-11-1-2-12(8-15(11)28-20(14)25)33-17-3-5-23(32)18(31)22(34-19(17)23)29-6-4-13-16(9-30)26-10-27-21(13)29/h1-2,4,6-8,10,17-19,22,30-32H,3,5,9H2,(H2,25,28)/t17-,18?,19+,22+,23-/m0/s1. The first kappa shape index (κ1) is 21.7. The van der Waals surface area contributed by atoms with Crippen molar-refractivity contribution in [3.63, 3.8) is 0 Å². The Morgan fingerprint density at radius 3 is 2.94 bits per heavy atom. The Hall–Kier alpha value is -2.83. The zero-order valence-corrected chi connectivity index (χ0v) is 19.5. The van der Waals surface area contributed by atoms with E-state index in [1.165, 1.54) is 6.33 Å². The predicted molar refractivity (Wildman–Crippen MR) is 126 cm³/mol. The van der Waals surface area contributed by atoms with Gasteiger partial charge in [0, 0.05) is 23.0 Å². The van der Waals surface area contributed by atoms with Gasteiger partial charge >= 0.3 is 0 Å². The summed E-state index contributed by atoms with van der Waals surface area (Å²) in [6.45, 7) is -0.233. The minimum atomic E-state index is -1.47. The average Bonchev–Trinajstić information content (AvgIpc) is 3.47. The average molecular weight is 528 g/mol. The van der Waals surface area contributed by atoms with Crippen LogP contribution in [0.5, 0.6) is 5.75 Å². The van der Waals surface area contributed by atoms with Gasteiger partial charge in [-0.2, -0.15) is 0 Å². The molecule has 1 saturated carbocycles. The number of aromatic nitrogens is 4. The van der Waals surface area contributed by atoms with E-state index in [9.17, 15) is 15.3 Å². The molecule has 1 aliphatic carbocycles. The number of hydrogen-bond donors (Lipinski definition) is 4. The van der Waals surface area contributed by atoms with Crippen LogP contribution in [0.4, 0.5) is 5.82 Å². The summed E-state index contributed by atoms with van der Waals surface area (Å²) in [5.41, 5.74) is 6.13. The first-order chi connectivity index (χ1) is 16.4. The highest BCUT2D eigenvalue weighted by Gasteiger charge is 2.62. The minimum Gasteiger partial charge on any atom is -0.488 e. The van der Waals surface area contributed by atoms with Crippen molar-refractivity contribution < 1.29 is 24.8 Å². The van der Waals surface area contributed by atoms with Gasteiger partial charge in [-0.25, -0.2) is 15.0 Å². The van der Waals surface area contributed by atoms with Crippen LogP contribution in [0, 0.1) is 0 Å². The van der Waals surface area contributed by atoms with Crippen molar-refractivity contribution in [2.24, 2.45) is 0 Å². The lowest BCUT2D eigenvalue weighted by Gasteiger charge is -2.26. The highest BCUT2D eigenvalue weighted by atomic mass is 79.9. The van der Waals surface area contributed by atoms with Crippen molar-refractivity contribution in [3.8, 4) is 5.75 Å². The summed E-state index contributed by atoms with van der Waals surface area (Å²) in [6, 6.07) is 9.17. The number of aliphatic hydroxyl groups excluding tert-OH is 2. The number of nitrogens with zero attached hydrogens (tertiary/aromatic N) is 4. The Balaban J connectivity index is 1.29. The lowest BCUT2D eigenvalue weighted by atomic mass is 9.94. The number of aliphatic hydroxyl groups is 3. The van der Waals surface area contributed by atoms with E-state index < -0.39 is 30.1 Å². The Labute approximate surface area is 202 Å². The van der Waals surface area contributed by atoms with Crippen molar-refractivity contribution in [2.75, 3.05) is 5.73 Å². The lowest BCUT2D eigenvalue weighted by molar-refractivity contribution is -0.0791. The SMILES string of the molecule is Nc1nc2cc(O[C@H]3CC[C@]4(O)C(O)[C@H](n5ccc6c(CO)ncnc65)O[C@H]34)ccc2cc1Br. The maximum absolute atomic E-state index is 11.4. The van der Waals surface area contributed by atoms with Gasteiger partial charge in [-0.3, -0.25) is 0 Å². The molecule has 34 heavy (non-hydrogen) atoms. The number of ether oxygens (including phenoxy) is 2. The van der Waals surface area contributed by atoms with Crippen LogP contribution in [0.15, 0.2) is 47.3 Å². The largest absolute Gasteiger partial charge is 0.488 e. The smallest absolute Gasteiger partial charge is 0.164 e. The van der Waals surface area contributed by atoms with E-state index in [0.717, 1.165) is 9.86 Å². The normalized spacial score (nSPS) is 28.6. The highest BCUT2D eigenvalue weighted by Crippen LogP contribution is 2.48. The molecular weight excluding hydrogens is 506 g/mol. The molecule has 1 saturated heterocycles. The van der Waals surface area contributed by atoms with Crippen molar-refractivity contribution in [1.82, 2.24) is 19.5 Å². The van der Waals surface area contributed by atoms with Crippen LogP contribution >= 0.6 is 15.9 Å². The fraction of sp³-hybridized carbons (Fsp3) is 0.348. The van der Waals surface area contributed by atoms with Crippen LogP contribution in [-0.4, -0.2) is 58.8 Å². The van der Waals surface area contributed by atoms with Gasteiger partial charge in [0.25, 0.3) is 0 Å². The first-order valence-corrected chi connectivity index (χ1v) is 11.7. The van der Waals surface area contributed by atoms with E-state index in [0.29, 0.717) is 46.7 Å². The summed E-state index contributed by atoms with van der Waals surface area (Å²) in [5, 5.41) is 33.6. The second kappa shape index (κ2) is 7.85. The maximum atomic E-state index is 11.4. The molecule has 1 aliphatic heterocycles. The lowest BCUT2D eigenvalue weighted by Crippen LogP contribution is -2.47. The molecule has 0 spiro atoms. The number of pyridine rings is 1. The van der Waals surface area contributed by atoms with Gasteiger partial charge in [-0.1, -0.05) is 0 Å². The zero-order chi connectivity index (χ0) is 23.6. The van der Waals surface area contributed by atoms with Crippen molar-refractivity contribution in [2.45, 2.75) is 49.6 Å². The second-order valence-electron chi connectivity index (χ2n) is 8.73. The van der Waals surface area contributed by atoms with Crippen LogP contribution in [0.1, 0.15) is 24.8 Å². The summed E-state index contributed by atoms with van der Waals surface area (Å²) in [5.74, 6) is 0.960. The summed E-state index contributed by atoms with van der Waals surface area (Å²) in [7, 11) is 0. The van der Waals surface area contributed by atoms with Gasteiger partial charge in [-0.05, 0) is 53.0 Å². The third-order valence-corrected chi connectivity index (χ3v) is 7.44. The summed E-state index contributed by atoms with van der Waals surface area (Å²) < 4.78 is 14.8. The number of benzene rings is 1. The molecule has 0 radical (unpaired) electrons. The number of fused-ring (bicyclic) bond motifs is 3. The number of halogens is 1. The molecule has 4 heterocycles. The molecule has 2 fully saturated rings. The molecule has 3 aromatic heterocycles. The Morgan fingerprint density at radius 1 is 1.26 bits per heavy atom. The Bertz CT molecular complexity index is 1410. The summed E-state index contributed by atoms with van der Waals surface area (Å²) in [4.78, 5) is 12.8. The van der Waals surface area contributed by atoms with Gasteiger partial charge in [0.15, 0.2) is 6.23 Å². The third-order valence-electron chi connectivity index (χ3n) is 6.80. The van der Waals surface area contributed by atoms with E-state index >= 15 is 0 Å². The number of nitrogen functional groups attached to an aromatic ring is 1. The number of anilines is 1. The molecule has 10 nitrogen and oxygen atoms in total. The predicted octanol–water partition coefficient (Wildman–Crippen LogP) is 2.05. The molecule has 2 aliphatic rings. The second-order valence-corrected chi connectivity index (χ2v) is 9.58. The molecule has 176 valence electrons. The van der Waals surface area contributed by atoms with Crippen LogP contribution in [0.25, 0.3) is 21.9 Å². The fourth-order valence-electron chi connectivity index (χ4n) is 5.06. The quantitative estimate of drug-likeness (QED) is 0.312.